The molecule has 6 heteroatoms. The normalized spacial score (nSPS) is 29.4. The fraction of sp³-hybridized carbons (Fsp3) is 0.737. The standard InChI is InChI=1S/C19H26N4OS/c1-13-20-16(11-25-13)6-8-23-10-15-3-2-7-19(15,12-23)18-21-17(22-24-18)9-14-4-5-14/h11,14-15H,2-10,12H2,1H3/t15-,19-/m1/s1. The van der Waals surface area contributed by atoms with Gasteiger partial charge in [0, 0.05) is 37.9 Å². The first-order valence-electron chi connectivity index (χ1n) is 9.68. The molecule has 2 aromatic heterocycles. The monoisotopic (exact) mass is 358 g/mol. The van der Waals surface area contributed by atoms with E-state index in [-0.39, 0.29) is 5.41 Å². The van der Waals surface area contributed by atoms with Crippen LogP contribution in [-0.2, 0) is 18.3 Å². The van der Waals surface area contributed by atoms with E-state index in [2.05, 4.69) is 27.3 Å². The van der Waals surface area contributed by atoms with E-state index in [4.69, 9.17) is 9.51 Å². The summed E-state index contributed by atoms with van der Waals surface area (Å²) in [5.74, 6) is 3.36. The van der Waals surface area contributed by atoms with Gasteiger partial charge in [-0.25, -0.2) is 4.98 Å². The summed E-state index contributed by atoms with van der Waals surface area (Å²) in [6.45, 7) is 5.41. The Morgan fingerprint density at radius 1 is 1.32 bits per heavy atom. The summed E-state index contributed by atoms with van der Waals surface area (Å²) in [4.78, 5) is 12.1. The number of thiazole rings is 1. The van der Waals surface area contributed by atoms with Crippen LogP contribution in [-0.4, -0.2) is 39.7 Å². The van der Waals surface area contributed by atoms with Gasteiger partial charge in [0.05, 0.1) is 16.1 Å². The van der Waals surface area contributed by atoms with Crippen LogP contribution in [0.4, 0.5) is 0 Å². The third-order valence-electron chi connectivity index (χ3n) is 6.35. The molecule has 1 aliphatic heterocycles. The van der Waals surface area contributed by atoms with Gasteiger partial charge in [-0.2, -0.15) is 4.98 Å². The molecule has 5 nitrogen and oxygen atoms in total. The molecule has 2 atom stereocenters. The topological polar surface area (TPSA) is 55.1 Å². The molecule has 0 unspecified atom stereocenters. The molecule has 0 radical (unpaired) electrons. The van der Waals surface area contributed by atoms with Crippen LogP contribution in [0.5, 0.6) is 0 Å². The van der Waals surface area contributed by atoms with Crippen LogP contribution in [0.25, 0.3) is 0 Å². The lowest BCUT2D eigenvalue weighted by atomic mass is 9.80. The molecule has 0 N–H and O–H groups in total. The Hall–Kier alpha value is -1.27. The summed E-state index contributed by atoms with van der Waals surface area (Å²) in [6.07, 6.45) is 8.52. The molecule has 1 saturated heterocycles. The highest BCUT2D eigenvalue weighted by Crippen LogP contribution is 2.50. The Bertz CT molecular complexity index is 752. The lowest BCUT2D eigenvalue weighted by molar-refractivity contribution is 0.247. The molecule has 2 aliphatic carbocycles. The number of aromatic nitrogens is 3. The summed E-state index contributed by atoms with van der Waals surface area (Å²) >= 11 is 1.75. The fourth-order valence-corrected chi connectivity index (χ4v) is 5.48. The largest absolute Gasteiger partial charge is 0.339 e. The molecule has 3 heterocycles. The van der Waals surface area contributed by atoms with E-state index in [0.717, 1.165) is 43.6 Å². The Labute approximate surface area is 152 Å². The van der Waals surface area contributed by atoms with E-state index in [1.54, 1.807) is 11.3 Å². The maximum absolute atomic E-state index is 5.80. The average molecular weight is 359 g/mol. The predicted octanol–water partition coefficient (Wildman–Crippen LogP) is 3.38. The molecular formula is C19H26N4OS. The second-order valence-electron chi connectivity index (χ2n) is 8.25. The SMILES string of the molecule is Cc1nc(CCN2C[C@H]3CCC[C@@]3(c3nc(CC4CC4)no3)C2)cs1. The van der Waals surface area contributed by atoms with Crippen molar-refractivity contribution in [1.82, 2.24) is 20.0 Å². The van der Waals surface area contributed by atoms with Gasteiger partial charge in [-0.15, -0.1) is 11.3 Å². The Morgan fingerprint density at radius 2 is 2.24 bits per heavy atom. The molecule has 0 spiro atoms. The van der Waals surface area contributed by atoms with E-state index in [1.807, 2.05) is 0 Å². The Morgan fingerprint density at radius 3 is 3.04 bits per heavy atom. The zero-order valence-corrected chi connectivity index (χ0v) is 15.7. The van der Waals surface area contributed by atoms with Crippen molar-refractivity contribution in [3.05, 3.63) is 27.8 Å². The van der Waals surface area contributed by atoms with Crippen molar-refractivity contribution < 1.29 is 4.52 Å². The van der Waals surface area contributed by atoms with Crippen LogP contribution in [0.1, 0.15) is 54.5 Å². The Balaban J connectivity index is 1.29. The van der Waals surface area contributed by atoms with Crippen molar-refractivity contribution in [2.45, 2.75) is 57.3 Å². The number of fused-ring (bicyclic) bond motifs is 1. The first-order chi connectivity index (χ1) is 12.2. The van der Waals surface area contributed by atoms with Gasteiger partial charge in [0.1, 0.15) is 0 Å². The zero-order chi connectivity index (χ0) is 16.9. The van der Waals surface area contributed by atoms with Crippen molar-refractivity contribution in [2.24, 2.45) is 11.8 Å². The minimum absolute atomic E-state index is 0.118. The predicted molar refractivity (Wildman–Crippen MR) is 96.7 cm³/mol. The molecule has 3 fully saturated rings. The van der Waals surface area contributed by atoms with Gasteiger partial charge in [0.15, 0.2) is 5.82 Å². The number of likely N-dealkylation sites (tertiary alicyclic amines) is 1. The summed E-state index contributed by atoms with van der Waals surface area (Å²) in [5.41, 5.74) is 1.35. The van der Waals surface area contributed by atoms with Crippen LogP contribution in [0.3, 0.4) is 0 Å². The number of aryl methyl sites for hydroxylation is 1. The molecule has 3 aliphatic rings. The Kier molecular flexibility index (Phi) is 3.93. The number of rotatable bonds is 6. The van der Waals surface area contributed by atoms with Crippen molar-refractivity contribution in [2.75, 3.05) is 19.6 Å². The van der Waals surface area contributed by atoms with E-state index in [1.165, 1.54) is 49.4 Å². The number of hydrogen-bond donors (Lipinski definition) is 0. The summed E-state index contributed by atoms with van der Waals surface area (Å²) in [5, 5.41) is 7.67. The molecule has 0 bridgehead atoms. The highest BCUT2D eigenvalue weighted by Gasteiger charge is 2.54. The molecule has 134 valence electrons. The highest BCUT2D eigenvalue weighted by molar-refractivity contribution is 7.09. The van der Waals surface area contributed by atoms with Gasteiger partial charge < -0.3 is 9.42 Å². The van der Waals surface area contributed by atoms with E-state index >= 15 is 0 Å². The lowest BCUT2D eigenvalue weighted by Gasteiger charge is -2.24. The van der Waals surface area contributed by atoms with Crippen LogP contribution in [0.15, 0.2) is 9.90 Å². The first kappa shape index (κ1) is 15.9. The molecule has 25 heavy (non-hydrogen) atoms. The first-order valence-corrected chi connectivity index (χ1v) is 10.6. The minimum atomic E-state index is 0.118. The maximum atomic E-state index is 5.80. The third kappa shape index (κ3) is 3.04. The maximum Gasteiger partial charge on any atom is 0.234 e. The summed E-state index contributed by atoms with van der Waals surface area (Å²) in [6, 6.07) is 0. The molecule has 0 amide bonds. The van der Waals surface area contributed by atoms with Crippen molar-refractivity contribution in [3.8, 4) is 0 Å². The molecular weight excluding hydrogens is 332 g/mol. The second-order valence-corrected chi connectivity index (χ2v) is 9.31. The average Bonchev–Trinajstić information content (AvgIpc) is 2.97. The van der Waals surface area contributed by atoms with Gasteiger partial charge >= 0.3 is 0 Å². The summed E-state index contributed by atoms with van der Waals surface area (Å²) < 4.78 is 5.80. The highest BCUT2D eigenvalue weighted by atomic mass is 32.1. The molecule has 5 rings (SSSR count). The third-order valence-corrected chi connectivity index (χ3v) is 7.18. The summed E-state index contributed by atoms with van der Waals surface area (Å²) in [7, 11) is 0. The lowest BCUT2D eigenvalue weighted by Crippen LogP contribution is -2.33. The van der Waals surface area contributed by atoms with Crippen LogP contribution in [0, 0.1) is 18.8 Å². The smallest absolute Gasteiger partial charge is 0.234 e. The second kappa shape index (κ2) is 6.16. The van der Waals surface area contributed by atoms with E-state index in [0.29, 0.717) is 5.92 Å². The van der Waals surface area contributed by atoms with E-state index in [9.17, 15) is 0 Å². The molecule has 0 aromatic carbocycles. The fourth-order valence-electron chi connectivity index (χ4n) is 4.83. The van der Waals surface area contributed by atoms with Crippen LogP contribution in [0.2, 0.25) is 0 Å². The van der Waals surface area contributed by atoms with Gasteiger partial charge in [0.2, 0.25) is 5.89 Å². The van der Waals surface area contributed by atoms with Gasteiger partial charge in [0.25, 0.3) is 0 Å². The van der Waals surface area contributed by atoms with E-state index < -0.39 is 0 Å². The van der Waals surface area contributed by atoms with Crippen molar-refractivity contribution in [3.63, 3.8) is 0 Å². The van der Waals surface area contributed by atoms with Gasteiger partial charge in [-0.3, -0.25) is 0 Å². The van der Waals surface area contributed by atoms with Crippen LogP contribution >= 0.6 is 11.3 Å². The minimum Gasteiger partial charge on any atom is -0.339 e. The van der Waals surface area contributed by atoms with Crippen LogP contribution < -0.4 is 0 Å². The van der Waals surface area contributed by atoms with Gasteiger partial charge in [-0.1, -0.05) is 11.6 Å². The van der Waals surface area contributed by atoms with Crippen molar-refractivity contribution in [1.29, 1.82) is 0 Å². The molecule has 2 saturated carbocycles. The number of nitrogens with zero attached hydrogens (tertiary/aromatic N) is 4. The van der Waals surface area contributed by atoms with Gasteiger partial charge in [-0.05, 0) is 44.4 Å². The number of hydrogen-bond acceptors (Lipinski definition) is 6. The quantitative estimate of drug-likeness (QED) is 0.792. The van der Waals surface area contributed by atoms with Crippen molar-refractivity contribution >= 4 is 11.3 Å². The molecule has 2 aromatic rings. The zero-order valence-electron chi connectivity index (χ0n) is 14.9.